The van der Waals surface area contributed by atoms with Crippen molar-refractivity contribution >= 4 is 34.7 Å². The molecule has 2 amide bonds. The number of hydrogen-bond acceptors (Lipinski definition) is 4. The number of aromatic nitrogens is 2. The third-order valence-electron chi connectivity index (χ3n) is 4.28. The van der Waals surface area contributed by atoms with Crippen molar-refractivity contribution in [3.05, 3.63) is 99.8 Å². The molecular formula is C22H16ClFN4O3. The maximum atomic E-state index is 13.7. The number of para-hydroxylation sites is 1. The molecule has 0 atom stereocenters. The minimum atomic E-state index is -0.592. The van der Waals surface area contributed by atoms with Gasteiger partial charge in [0.15, 0.2) is 0 Å². The van der Waals surface area contributed by atoms with Crippen molar-refractivity contribution in [1.29, 1.82) is 0 Å². The number of carbonyl (C=O) groups is 1. The Balaban J connectivity index is 1.42. The van der Waals surface area contributed by atoms with E-state index < -0.39 is 11.8 Å². The molecule has 7 nitrogen and oxygen atoms in total. The molecule has 0 radical (unpaired) electrons. The van der Waals surface area contributed by atoms with Crippen LogP contribution < -0.4 is 20.9 Å². The quantitative estimate of drug-likeness (QED) is 0.472. The lowest BCUT2D eigenvalue weighted by atomic mass is 10.3. The van der Waals surface area contributed by atoms with E-state index in [0.29, 0.717) is 27.8 Å². The van der Waals surface area contributed by atoms with E-state index in [-0.39, 0.29) is 17.9 Å². The second-order valence-corrected chi connectivity index (χ2v) is 6.97. The number of urea groups is 1. The van der Waals surface area contributed by atoms with E-state index in [1.165, 1.54) is 34.9 Å². The number of halogens is 2. The Morgan fingerprint density at radius 1 is 1.06 bits per heavy atom. The molecule has 0 spiro atoms. The molecule has 2 aromatic heterocycles. The van der Waals surface area contributed by atoms with Crippen LogP contribution in [0.3, 0.4) is 0 Å². The fraction of sp³-hybridized carbons (Fsp3) is 0.0455. The molecular weight excluding hydrogens is 423 g/mol. The summed E-state index contributed by atoms with van der Waals surface area (Å²) in [5, 5.41) is 5.49. The van der Waals surface area contributed by atoms with Crippen molar-refractivity contribution in [1.82, 2.24) is 9.38 Å². The van der Waals surface area contributed by atoms with Crippen molar-refractivity contribution in [2.45, 2.75) is 6.61 Å². The predicted octanol–water partition coefficient (Wildman–Crippen LogP) is 4.71. The third kappa shape index (κ3) is 4.99. The number of hydrogen-bond donors (Lipinski definition) is 2. The lowest BCUT2D eigenvalue weighted by Gasteiger charge is -2.11. The highest BCUT2D eigenvalue weighted by Gasteiger charge is 2.08. The Bertz CT molecular complexity index is 1330. The van der Waals surface area contributed by atoms with Gasteiger partial charge in [0.05, 0.1) is 16.4 Å². The van der Waals surface area contributed by atoms with Crippen LogP contribution in [0.4, 0.5) is 20.6 Å². The topological polar surface area (TPSA) is 84.7 Å². The van der Waals surface area contributed by atoms with Crippen LogP contribution >= 0.6 is 11.6 Å². The molecule has 4 rings (SSSR count). The first-order chi connectivity index (χ1) is 15.0. The maximum absolute atomic E-state index is 13.7. The van der Waals surface area contributed by atoms with E-state index >= 15 is 0 Å². The first-order valence-corrected chi connectivity index (χ1v) is 9.59. The number of nitrogens with zero attached hydrogens (tertiary/aromatic N) is 2. The molecule has 0 unspecified atom stereocenters. The highest BCUT2D eigenvalue weighted by molar-refractivity contribution is 6.30. The number of amides is 2. The van der Waals surface area contributed by atoms with Gasteiger partial charge in [-0.05, 0) is 36.4 Å². The van der Waals surface area contributed by atoms with Gasteiger partial charge in [0.1, 0.15) is 23.8 Å². The summed E-state index contributed by atoms with van der Waals surface area (Å²) >= 11 is 5.91. The Labute approximate surface area is 181 Å². The summed E-state index contributed by atoms with van der Waals surface area (Å²) in [6.45, 7) is 0.0548. The van der Waals surface area contributed by atoms with Crippen LogP contribution in [0.1, 0.15) is 5.69 Å². The van der Waals surface area contributed by atoms with E-state index in [2.05, 4.69) is 15.6 Å². The molecule has 31 heavy (non-hydrogen) atoms. The van der Waals surface area contributed by atoms with Gasteiger partial charge in [-0.15, -0.1) is 0 Å². The fourth-order valence-electron chi connectivity index (χ4n) is 2.87. The summed E-state index contributed by atoms with van der Waals surface area (Å²) in [6, 6.07) is 16.6. The molecule has 0 aliphatic carbocycles. The molecule has 0 saturated carbocycles. The zero-order valence-corrected chi connectivity index (χ0v) is 16.8. The normalized spacial score (nSPS) is 10.6. The van der Waals surface area contributed by atoms with Gasteiger partial charge in [-0.2, -0.15) is 0 Å². The first kappa shape index (κ1) is 20.4. The highest BCUT2D eigenvalue weighted by Crippen LogP contribution is 2.19. The molecule has 0 aliphatic rings. The van der Waals surface area contributed by atoms with Gasteiger partial charge in [0.2, 0.25) is 0 Å². The van der Waals surface area contributed by atoms with Crippen molar-refractivity contribution in [3.63, 3.8) is 0 Å². The van der Waals surface area contributed by atoms with Gasteiger partial charge in [-0.1, -0.05) is 29.8 Å². The maximum Gasteiger partial charge on any atom is 0.323 e. The van der Waals surface area contributed by atoms with Gasteiger partial charge in [0.25, 0.3) is 5.56 Å². The average Bonchev–Trinajstić information content (AvgIpc) is 2.75. The highest BCUT2D eigenvalue weighted by atomic mass is 35.5. The summed E-state index contributed by atoms with van der Waals surface area (Å²) < 4.78 is 20.7. The zero-order valence-electron chi connectivity index (χ0n) is 16.0. The Hall–Kier alpha value is -3.91. The van der Waals surface area contributed by atoms with E-state index in [1.807, 2.05) is 0 Å². The fourth-order valence-corrected chi connectivity index (χ4v) is 3.03. The number of pyridine rings is 1. The molecule has 0 saturated heterocycles. The molecule has 156 valence electrons. The lowest BCUT2D eigenvalue weighted by molar-refractivity contribution is 0.262. The van der Waals surface area contributed by atoms with Crippen LogP contribution in [-0.4, -0.2) is 15.4 Å². The zero-order chi connectivity index (χ0) is 21.8. The summed E-state index contributed by atoms with van der Waals surface area (Å²) in [4.78, 5) is 28.7. The van der Waals surface area contributed by atoms with Gasteiger partial charge < -0.3 is 15.4 Å². The molecule has 9 heteroatoms. The molecule has 4 aromatic rings. The monoisotopic (exact) mass is 438 g/mol. The van der Waals surface area contributed by atoms with Crippen molar-refractivity contribution in [2.75, 3.05) is 10.6 Å². The van der Waals surface area contributed by atoms with Gasteiger partial charge in [-0.3, -0.25) is 9.20 Å². The largest absolute Gasteiger partial charge is 0.487 e. The van der Waals surface area contributed by atoms with E-state index in [9.17, 15) is 14.0 Å². The van der Waals surface area contributed by atoms with E-state index in [4.69, 9.17) is 16.3 Å². The average molecular weight is 439 g/mol. The Kier molecular flexibility index (Phi) is 5.81. The van der Waals surface area contributed by atoms with Crippen molar-refractivity contribution in [3.8, 4) is 5.75 Å². The molecule has 2 heterocycles. The summed E-state index contributed by atoms with van der Waals surface area (Å²) in [5.41, 5.74) is 1.15. The van der Waals surface area contributed by atoms with E-state index in [0.717, 1.165) is 0 Å². The number of anilines is 2. The predicted molar refractivity (Wildman–Crippen MR) is 116 cm³/mol. The molecule has 2 N–H and O–H groups in total. The Morgan fingerprint density at radius 3 is 2.74 bits per heavy atom. The number of benzene rings is 2. The van der Waals surface area contributed by atoms with Crippen LogP contribution in [0.15, 0.2) is 77.7 Å². The third-order valence-corrected chi connectivity index (χ3v) is 4.50. The van der Waals surface area contributed by atoms with Gasteiger partial charge in [0, 0.05) is 24.0 Å². The lowest BCUT2D eigenvalue weighted by Crippen LogP contribution is -2.20. The number of ether oxygens (including phenoxy) is 1. The second kappa shape index (κ2) is 8.85. The molecule has 0 bridgehead atoms. The molecule has 0 aliphatic heterocycles. The van der Waals surface area contributed by atoms with Crippen LogP contribution in [-0.2, 0) is 6.61 Å². The summed E-state index contributed by atoms with van der Waals surface area (Å²) in [7, 11) is 0. The van der Waals surface area contributed by atoms with Crippen molar-refractivity contribution in [2.24, 2.45) is 0 Å². The standard InChI is InChI=1S/C22H16ClFN4O3/c23-14-8-9-20-25-16(11-21(29)28(20)12-14)13-31-17-5-3-4-15(10-17)26-22(30)27-19-7-2-1-6-18(19)24/h1-12H,13H2,(H2,26,27,30). The molecule has 2 aromatic carbocycles. The summed E-state index contributed by atoms with van der Waals surface area (Å²) in [6.07, 6.45) is 1.50. The second-order valence-electron chi connectivity index (χ2n) is 6.54. The number of rotatable bonds is 5. The number of carbonyl (C=O) groups excluding carboxylic acids is 1. The minimum absolute atomic E-state index is 0.0548. The Morgan fingerprint density at radius 2 is 1.90 bits per heavy atom. The van der Waals surface area contributed by atoms with Crippen molar-refractivity contribution < 1.29 is 13.9 Å². The van der Waals surface area contributed by atoms with Gasteiger partial charge in [-0.25, -0.2) is 14.2 Å². The smallest absolute Gasteiger partial charge is 0.323 e. The van der Waals surface area contributed by atoms with Crippen LogP contribution in [0.25, 0.3) is 5.65 Å². The first-order valence-electron chi connectivity index (χ1n) is 9.21. The molecule has 0 fully saturated rings. The number of nitrogens with one attached hydrogen (secondary N) is 2. The SMILES string of the molecule is O=C(Nc1cccc(OCc2cc(=O)n3cc(Cl)ccc3n2)c1)Nc1ccccc1F. The summed E-state index contributed by atoms with van der Waals surface area (Å²) in [5.74, 6) is -0.0717. The van der Waals surface area contributed by atoms with Gasteiger partial charge >= 0.3 is 6.03 Å². The van der Waals surface area contributed by atoms with E-state index in [1.54, 1.807) is 42.5 Å². The van der Waals surface area contributed by atoms with Crippen LogP contribution in [0.2, 0.25) is 5.02 Å². The number of fused-ring (bicyclic) bond motifs is 1. The van der Waals surface area contributed by atoms with Crippen LogP contribution in [0, 0.1) is 5.82 Å². The minimum Gasteiger partial charge on any atom is -0.487 e. The van der Waals surface area contributed by atoms with Crippen LogP contribution in [0.5, 0.6) is 5.75 Å².